The number of likely N-dealkylation sites (tertiary alicyclic amines) is 1. The number of hydrogen-bond donors (Lipinski definition) is 1. The summed E-state index contributed by atoms with van der Waals surface area (Å²) < 4.78 is 20.5. The molecule has 1 fully saturated rings. The molecule has 2 heterocycles. The molecule has 6 nitrogen and oxygen atoms in total. The third-order valence-corrected chi connectivity index (χ3v) is 5.28. The maximum atomic E-state index is 14.9. The second kappa shape index (κ2) is 9.24. The van der Waals surface area contributed by atoms with Gasteiger partial charge in [0.25, 0.3) is 11.7 Å². The monoisotopic (exact) mass is 446 g/mol. The molecular formula is C26H23FN2O4. The summed E-state index contributed by atoms with van der Waals surface area (Å²) in [7, 11) is 0. The number of aliphatic hydroxyl groups excluding tert-OH is 1. The summed E-state index contributed by atoms with van der Waals surface area (Å²) in [5.41, 5.74) is 0.768. The zero-order chi connectivity index (χ0) is 23.5. The number of amides is 1. The Morgan fingerprint density at radius 3 is 2.55 bits per heavy atom. The van der Waals surface area contributed by atoms with E-state index < -0.39 is 23.5 Å². The van der Waals surface area contributed by atoms with Gasteiger partial charge in [-0.1, -0.05) is 36.4 Å². The normalized spacial score (nSPS) is 17.6. The number of aromatic nitrogens is 1. The molecule has 168 valence electrons. The molecule has 3 aromatic rings. The highest BCUT2D eigenvalue weighted by Crippen LogP contribution is 2.41. The Bertz CT molecular complexity index is 1220. The van der Waals surface area contributed by atoms with Gasteiger partial charge < -0.3 is 14.7 Å². The van der Waals surface area contributed by atoms with E-state index in [0.29, 0.717) is 17.0 Å². The number of carbonyl (C=O) groups excluding carboxylic acids is 2. The average molecular weight is 446 g/mol. The zero-order valence-electron chi connectivity index (χ0n) is 18.2. The van der Waals surface area contributed by atoms with E-state index in [1.807, 2.05) is 13.8 Å². The summed E-state index contributed by atoms with van der Waals surface area (Å²) in [6, 6.07) is 16.6. The fourth-order valence-corrected chi connectivity index (χ4v) is 3.87. The molecule has 1 unspecified atom stereocenters. The van der Waals surface area contributed by atoms with Crippen LogP contribution in [0.15, 0.2) is 78.5 Å². The molecule has 1 aliphatic rings. The van der Waals surface area contributed by atoms with Crippen LogP contribution in [0.25, 0.3) is 5.76 Å². The van der Waals surface area contributed by atoms with Gasteiger partial charge >= 0.3 is 0 Å². The standard InChI is InChI=1S/C26H23FN2O4/c1-16(2)33-19-10-7-8-17(14-19)24(30)22-23(20-11-3-4-12-21(20)27)29(26(32)25(22)31)15-18-9-5-6-13-28-18/h3-14,16,23,30H,15H2,1-2H3/b24-22-. The van der Waals surface area contributed by atoms with E-state index in [2.05, 4.69) is 4.98 Å². The number of pyridine rings is 1. The summed E-state index contributed by atoms with van der Waals surface area (Å²) in [5, 5.41) is 11.2. The van der Waals surface area contributed by atoms with E-state index in [0.717, 1.165) is 0 Å². The first-order valence-corrected chi connectivity index (χ1v) is 10.6. The molecule has 0 bridgehead atoms. The van der Waals surface area contributed by atoms with Crippen molar-refractivity contribution in [3.05, 3.63) is 101 Å². The number of benzene rings is 2. The van der Waals surface area contributed by atoms with Gasteiger partial charge in [-0.2, -0.15) is 0 Å². The summed E-state index contributed by atoms with van der Waals surface area (Å²) in [5.74, 6) is -2.19. The van der Waals surface area contributed by atoms with Crippen molar-refractivity contribution in [2.75, 3.05) is 0 Å². The van der Waals surface area contributed by atoms with Gasteiger partial charge in [0, 0.05) is 17.3 Å². The van der Waals surface area contributed by atoms with Crippen molar-refractivity contribution in [3.8, 4) is 5.75 Å². The van der Waals surface area contributed by atoms with Crippen LogP contribution in [0.1, 0.15) is 36.7 Å². The van der Waals surface area contributed by atoms with Crippen LogP contribution in [0.2, 0.25) is 0 Å². The second-order valence-corrected chi connectivity index (χ2v) is 7.96. The predicted octanol–water partition coefficient (Wildman–Crippen LogP) is 4.63. The van der Waals surface area contributed by atoms with Crippen LogP contribution < -0.4 is 4.74 Å². The fourth-order valence-electron chi connectivity index (χ4n) is 3.87. The molecule has 2 aromatic carbocycles. The van der Waals surface area contributed by atoms with Crippen molar-refractivity contribution in [1.82, 2.24) is 9.88 Å². The SMILES string of the molecule is CC(C)Oc1cccc(/C(O)=C2/C(=O)C(=O)N(Cc3ccccn3)C2c2ccccc2F)c1. The lowest BCUT2D eigenvalue weighted by atomic mass is 9.95. The molecule has 0 radical (unpaired) electrons. The minimum atomic E-state index is -1.11. The molecule has 1 saturated heterocycles. The van der Waals surface area contributed by atoms with Gasteiger partial charge in [0.2, 0.25) is 0 Å². The number of aliphatic hydroxyl groups is 1. The minimum absolute atomic E-state index is 0.0162. The first kappa shape index (κ1) is 22.2. The molecule has 0 aliphatic carbocycles. The van der Waals surface area contributed by atoms with Crippen molar-refractivity contribution in [1.29, 1.82) is 0 Å². The largest absolute Gasteiger partial charge is 0.507 e. The Morgan fingerprint density at radius 1 is 1.09 bits per heavy atom. The molecule has 1 aliphatic heterocycles. The van der Waals surface area contributed by atoms with Crippen LogP contribution in [-0.4, -0.2) is 32.8 Å². The Labute approximate surface area is 191 Å². The lowest BCUT2D eigenvalue weighted by molar-refractivity contribution is -0.140. The second-order valence-electron chi connectivity index (χ2n) is 7.96. The van der Waals surface area contributed by atoms with E-state index in [9.17, 15) is 19.1 Å². The Morgan fingerprint density at radius 2 is 1.85 bits per heavy atom. The Hall–Kier alpha value is -4.00. The van der Waals surface area contributed by atoms with Gasteiger partial charge in [-0.05, 0) is 44.2 Å². The van der Waals surface area contributed by atoms with Gasteiger partial charge in [0.1, 0.15) is 17.3 Å². The smallest absolute Gasteiger partial charge is 0.296 e. The maximum Gasteiger partial charge on any atom is 0.296 e. The molecular weight excluding hydrogens is 423 g/mol. The molecule has 33 heavy (non-hydrogen) atoms. The number of Topliss-reactive ketones (excluding diaryl/α,β-unsaturated/α-hetero) is 1. The summed E-state index contributed by atoms with van der Waals surface area (Å²) in [6.07, 6.45) is 1.48. The summed E-state index contributed by atoms with van der Waals surface area (Å²) in [4.78, 5) is 31.6. The number of halogens is 1. The third kappa shape index (κ3) is 4.48. The molecule has 0 saturated carbocycles. The maximum absolute atomic E-state index is 14.9. The molecule has 1 aromatic heterocycles. The van der Waals surface area contributed by atoms with E-state index in [-0.39, 0.29) is 29.5 Å². The Balaban J connectivity index is 1.86. The van der Waals surface area contributed by atoms with Gasteiger partial charge in [0.05, 0.1) is 30.0 Å². The number of ketones is 1. The van der Waals surface area contributed by atoms with E-state index in [1.54, 1.807) is 54.7 Å². The van der Waals surface area contributed by atoms with Crippen molar-refractivity contribution in [3.63, 3.8) is 0 Å². The quantitative estimate of drug-likeness (QED) is 0.339. The van der Waals surface area contributed by atoms with Crippen LogP contribution in [0, 0.1) is 5.82 Å². The third-order valence-electron chi connectivity index (χ3n) is 5.28. The minimum Gasteiger partial charge on any atom is -0.507 e. The molecule has 4 rings (SSSR count). The highest BCUT2D eigenvalue weighted by Gasteiger charge is 2.47. The number of rotatable bonds is 6. The van der Waals surface area contributed by atoms with E-state index in [1.165, 1.54) is 23.1 Å². The zero-order valence-corrected chi connectivity index (χ0v) is 18.2. The van der Waals surface area contributed by atoms with Crippen LogP contribution in [0.4, 0.5) is 4.39 Å². The highest BCUT2D eigenvalue weighted by atomic mass is 19.1. The summed E-state index contributed by atoms with van der Waals surface area (Å²) >= 11 is 0. The fraction of sp³-hybridized carbons (Fsp3) is 0.192. The van der Waals surface area contributed by atoms with E-state index in [4.69, 9.17) is 4.74 Å². The first-order chi connectivity index (χ1) is 15.9. The van der Waals surface area contributed by atoms with Gasteiger partial charge in [-0.15, -0.1) is 0 Å². The molecule has 1 atom stereocenters. The van der Waals surface area contributed by atoms with Crippen LogP contribution >= 0.6 is 0 Å². The number of carbonyl (C=O) groups is 2. The molecule has 1 amide bonds. The number of hydrogen-bond acceptors (Lipinski definition) is 5. The predicted molar refractivity (Wildman–Crippen MR) is 121 cm³/mol. The molecule has 0 spiro atoms. The number of ether oxygens (including phenoxy) is 1. The lowest BCUT2D eigenvalue weighted by Crippen LogP contribution is -2.30. The van der Waals surface area contributed by atoms with Gasteiger partial charge in [-0.25, -0.2) is 4.39 Å². The van der Waals surface area contributed by atoms with Crippen LogP contribution in [0.3, 0.4) is 0 Å². The van der Waals surface area contributed by atoms with Gasteiger partial charge in [-0.3, -0.25) is 14.6 Å². The van der Waals surface area contributed by atoms with Gasteiger partial charge in [0.15, 0.2) is 0 Å². The Kier molecular flexibility index (Phi) is 6.22. The summed E-state index contributed by atoms with van der Waals surface area (Å²) in [6.45, 7) is 3.72. The topological polar surface area (TPSA) is 79.7 Å². The molecule has 1 N–H and O–H groups in total. The van der Waals surface area contributed by atoms with E-state index >= 15 is 0 Å². The van der Waals surface area contributed by atoms with Crippen molar-refractivity contribution < 1.29 is 23.8 Å². The van der Waals surface area contributed by atoms with Crippen LogP contribution in [0.5, 0.6) is 5.75 Å². The average Bonchev–Trinajstić information content (AvgIpc) is 3.04. The van der Waals surface area contributed by atoms with Crippen molar-refractivity contribution in [2.24, 2.45) is 0 Å². The van der Waals surface area contributed by atoms with Crippen molar-refractivity contribution >= 4 is 17.4 Å². The first-order valence-electron chi connectivity index (χ1n) is 10.6. The molecule has 7 heteroatoms. The lowest BCUT2D eigenvalue weighted by Gasteiger charge is -2.25. The van der Waals surface area contributed by atoms with Crippen LogP contribution in [-0.2, 0) is 16.1 Å². The number of nitrogens with zero attached hydrogens (tertiary/aromatic N) is 2. The van der Waals surface area contributed by atoms with Crippen molar-refractivity contribution in [2.45, 2.75) is 32.5 Å². The highest BCUT2D eigenvalue weighted by molar-refractivity contribution is 6.46.